The molecule has 2 aromatic heterocycles. The average Bonchev–Trinajstić information content (AvgIpc) is 3.43. The number of furan rings is 1. The summed E-state index contributed by atoms with van der Waals surface area (Å²) < 4.78 is 16.4. The summed E-state index contributed by atoms with van der Waals surface area (Å²) in [5, 5.41) is 4.30. The smallest absolute Gasteiger partial charge is 0.338 e. The SMILES string of the molecule is CCOC(=O)c1ccc(-c2ccc(/C=N/Nc3nc(N4CCCCC4)nc(N4CCOCC4)n3)o2)cc1. The third kappa shape index (κ3) is 6.23. The first-order valence-corrected chi connectivity index (χ1v) is 12.7. The first-order valence-electron chi connectivity index (χ1n) is 12.7. The minimum absolute atomic E-state index is 0.341. The lowest BCUT2D eigenvalue weighted by atomic mass is 10.1. The number of rotatable bonds is 8. The predicted octanol–water partition coefficient (Wildman–Crippen LogP) is 3.58. The Morgan fingerprint density at radius 2 is 1.68 bits per heavy atom. The number of hydrogen-bond acceptors (Lipinski definition) is 11. The Balaban J connectivity index is 1.28. The van der Waals surface area contributed by atoms with E-state index in [9.17, 15) is 4.79 Å². The van der Waals surface area contributed by atoms with E-state index >= 15 is 0 Å². The van der Waals surface area contributed by atoms with Gasteiger partial charge in [-0.15, -0.1) is 0 Å². The number of piperidine rings is 1. The third-order valence-electron chi connectivity index (χ3n) is 6.21. The number of aromatic nitrogens is 3. The second-order valence-corrected chi connectivity index (χ2v) is 8.78. The van der Waals surface area contributed by atoms with Gasteiger partial charge in [0.2, 0.25) is 17.8 Å². The van der Waals surface area contributed by atoms with Gasteiger partial charge in [-0.2, -0.15) is 20.1 Å². The number of ether oxygens (including phenoxy) is 2. The van der Waals surface area contributed by atoms with Crippen LogP contribution < -0.4 is 15.2 Å². The van der Waals surface area contributed by atoms with Crippen LogP contribution in [0, 0.1) is 0 Å². The number of morpholine rings is 1. The summed E-state index contributed by atoms with van der Waals surface area (Å²) in [7, 11) is 0. The topological polar surface area (TPSA) is 118 Å². The summed E-state index contributed by atoms with van der Waals surface area (Å²) in [5.41, 5.74) is 4.29. The van der Waals surface area contributed by atoms with Crippen molar-refractivity contribution in [3.8, 4) is 11.3 Å². The van der Waals surface area contributed by atoms with Crippen molar-refractivity contribution in [3.63, 3.8) is 0 Å². The summed E-state index contributed by atoms with van der Waals surface area (Å²) in [6, 6.07) is 10.8. The normalized spacial score (nSPS) is 16.2. The lowest BCUT2D eigenvalue weighted by Crippen LogP contribution is -2.38. The van der Waals surface area contributed by atoms with Crippen LogP contribution in [0.2, 0.25) is 0 Å². The number of carbonyl (C=O) groups excluding carboxylic acids is 1. The van der Waals surface area contributed by atoms with Crippen molar-refractivity contribution in [2.45, 2.75) is 26.2 Å². The summed E-state index contributed by atoms with van der Waals surface area (Å²) in [4.78, 5) is 30.1. The maximum Gasteiger partial charge on any atom is 0.338 e. The van der Waals surface area contributed by atoms with Crippen molar-refractivity contribution in [1.29, 1.82) is 0 Å². The van der Waals surface area contributed by atoms with E-state index in [1.54, 1.807) is 25.3 Å². The summed E-state index contributed by atoms with van der Waals surface area (Å²) in [6.45, 7) is 6.77. The Kier molecular flexibility index (Phi) is 7.90. The maximum atomic E-state index is 11.9. The number of esters is 1. The highest BCUT2D eigenvalue weighted by atomic mass is 16.5. The Morgan fingerprint density at radius 3 is 2.38 bits per heavy atom. The van der Waals surface area contributed by atoms with E-state index in [1.807, 2.05) is 24.3 Å². The van der Waals surface area contributed by atoms with Gasteiger partial charge in [0.1, 0.15) is 11.5 Å². The molecule has 2 saturated heterocycles. The molecule has 194 valence electrons. The van der Waals surface area contributed by atoms with E-state index in [1.165, 1.54) is 6.42 Å². The number of hydrogen-bond donors (Lipinski definition) is 1. The monoisotopic (exact) mass is 505 g/mol. The molecule has 2 fully saturated rings. The molecule has 3 aromatic rings. The largest absolute Gasteiger partial charge is 0.462 e. The second kappa shape index (κ2) is 11.8. The second-order valence-electron chi connectivity index (χ2n) is 8.78. The molecule has 4 heterocycles. The van der Waals surface area contributed by atoms with Gasteiger partial charge in [-0.05, 0) is 50.5 Å². The fourth-order valence-electron chi connectivity index (χ4n) is 4.26. The predicted molar refractivity (Wildman–Crippen MR) is 140 cm³/mol. The molecule has 0 bridgehead atoms. The number of anilines is 3. The van der Waals surface area contributed by atoms with Crippen molar-refractivity contribution in [2.24, 2.45) is 5.10 Å². The Labute approximate surface area is 215 Å². The van der Waals surface area contributed by atoms with E-state index in [4.69, 9.17) is 18.9 Å². The molecule has 2 aliphatic rings. The van der Waals surface area contributed by atoms with Crippen LogP contribution in [0.3, 0.4) is 0 Å². The Morgan fingerprint density at radius 1 is 0.973 bits per heavy atom. The minimum Gasteiger partial charge on any atom is -0.462 e. The molecule has 2 aliphatic heterocycles. The molecule has 1 aromatic carbocycles. The molecule has 11 nitrogen and oxygen atoms in total. The third-order valence-corrected chi connectivity index (χ3v) is 6.21. The molecule has 0 radical (unpaired) electrons. The van der Waals surface area contributed by atoms with Crippen molar-refractivity contribution >= 4 is 30.0 Å². The van der Waals surface area contributed by atoms with Gasteiger partial charge in [-0.1, -0.05) is 12.1 Å². The molecule has 37 heavy (non-hydrogen) atoms. The molecule has 0 aliphatic carbocycles. The molecule has 0 atom stereocenters. The van der Waals surface area contributed by atoms with Crippen molar-refractivity contribution in [1.82, 2.24) is 15.0 Å². The fraction of sp³-hybridized carbons (Fsp3) is 0.423. The zero-order valence-corrected chi connectivity index (χ0v) is 20.9. The summed E-state index contributed by atoms with van der Waals surface area (Å²) >= 11 is 0. The van der Waals surface area contributed by atoms with E-state index in [0.717, 1.165) is 44.6 Å². The van der Waals surface area contributed by atoms with Crippen LogP contribution in [0.4, 0.5) is 17.8 Å². The Hall–Kier alpha value is -3.99. The van der Waals surface area contributed by atoms with Gasteiger partial charge < -0.3 is 23.7 Å². The van der Waals surface area contributed by atoms with E-state index in [-0.39, 0.29) is 5.97 Å². The molecule has 0 amide bonds. The van der Waals surface area contributed by atoms with Crippen molar-refractivity contribution in [3.05, 3.63) is 47.7 Å². The number of benzene rings is 1. The standard InChI is InChI=1S/C26H31N7O4/c1-2-36-23(34)20-8-6-19(7-9-20)22-11-10-21(37-22)18-27-31-24-28-25(32-12-4-3-5-13-32)30-26(29-24)33-14-16-35-17-15-33/h6-11,18H,2-5,12-17H2,1H3,(H,28,29,30,31)/b27-18+. The molecule has 1 N–H and O–H groups in total. The highest BCUT2D eigenvalue weighted by Crippen LogP contribution is 2.23. The van der Waals surface area contributed by atoms with Crippen LogP contribution in [0.1, 0.15) is 42.3 Å². The van der Waals surface area contributed by atoms with Gasteiger partial charge in [-0.25, -0.2) is 10.2 Å². The van der Waals surface area contributed by atoms with Gasteiger partial charge in [0.25, 0.3) is 0 Å². The number of hydrazone groups is 1. The van der Waals surface area contributed by atoms with Crippen LogP contribution >= 0.6 is 0 Å². The highest BCUT2D eigenvalue weighted by Gasteiger charge is 2.20. The molecule has 0 spiro atoms. The van der Waals surface area contributed by atoms with Crippen LogP contribution in [-0.2, 0) is 9.47 Å². The van der Waals surface area contributed by atoms with Gasteiger partial charge >= 0.3 is 5.97 Å². The highest BCUT2D eigenvalue weighted by molar-refractivity contribution is 5.90. The summed E-state index contributed by atoms with van der Waals surface area (Å²) in [5.74, 6) is 2.57. The van der Waals surface area contributed by atoms with Crippen LogP contribution in [-0.4, -0.2) is 73.1 Å². The average molecular weight is 506 g/mol. The van der Waals surface area contributed by atoms with Gasteiger partial charge in [0, 0.05) is 31.7 Å². The molecule has 5 rings (SSSR count). The molecular formula is C26H31N7O4. The Bertz CT molecular complexity index is 1180. The molecule has 0 saturated carbocycles. The maximum absolute atomic E-state index is 11.9. The van der Waals surface area contributed by atoms with Crippen LogP contribution in [0.5, 0.6) is 0 Å². The molecule has 0 unspecified atom stereocenters. The number of carbonyl (C=O) groups is 1. The van der Waals surface area contributed by atoms with Crippen LogP contribution in [0.25, 0.3) is 11.3 Å². The lowest BCUT2D eigenvalue weighted by molar-refractivity contribution is 0.0526. The van der Waals surface area contributed by atoms with E-state index in [0.29, 0.717) is 54.7 Å². The van der Waals surface area contributed by atoms with Gasteiger partial charge in [-0.3, -0.25) is 0 Å². The van der Waals surface area contributed by atoms with E-state index < -0.39 is 0 Å². The number of nitrogens with one attached hydrogen (secondary N) is 1. The minimum atomic E-state index is -0.342. The zero-order valence-electron chi connectivity index (χ0n) is 20.9. The lowest BCUT2D eigenvalue weighted by Gasteiger charge is -2.30. The number of nitrogens with zero attached hydrogens (tertiary/aromatic N) is 6. The fourth-order valence-corrected chi connectivity index (χ4v) is 4.26. The first-order chi connectivity index (χ1) is 18.2. The first kappa shape index (κ1) is 24.7. The summed E-state index contributed by atoms with van der Waals surface area (Å²) in [6.07, 6.45) is 5.07. The van der Waals surface area contributed by atoms with E-state index in [2.05, 4.69) is 30.3 Å². The van der Waals surface area contributed by atoms with Gasteiger partial charge in [0.05, 0.1) is 31.6 Å². The quantitative estimate of drug-likeness (QED) is 0.276. The van der Waals surface area contributed by atoms with Crippen LogP contribution in [0.15, 0.2) is 45.9 Å². The molecular weight excluding hydrogens is 474 g/mol. The van der Waals surface area contributed by atoms with Gasteiger partial charge in [0.15, 0.2) is 0 Å². The molecule has 11 heteroatoms. The van der Waals surface area contributed by atoms with Crippen molar-refractivity contribution in [2.75, 3.05) is 61.2 Å². The zero-order chi connectivity index (χ0) is 25.5. The van der Waals surface area contributed by atoms with Crippen molar-refractivity contribution < 1.29 is 18.7 Å².